The zero-order chi connectivity index (χ0) is 15.0. The highest BCUT2D eigenvalue weighted by molar-refractivity contribution is 5.86. The highest BCUT2D eigenvalue weighted by Crippen LogP contribution is 2.21. The highest BCUT2D eigenvalue weighted by Gasteiger charge is 2.29. The minimum atomic E-state index is -0.239. The van der Waals surface area contributed by atoms with E-state index in [9.17, 15) is 4.79 Å². The number of likely N-dealkylation sites (N-methyl/N-ethyl adjacent to an activating group) is 1. The molecule has 0 aliphatic carbocycles. The lowest BCUT2D eigenvalue weighted by atomic mass is 10.2. The van der Waals surface area contributed by atoms with Crippen molar-refractivity contribution in [3.63, 3.8) is 0 Å². The third-order valence-electron chi connectivity index (χ3n) is 3.77. The molecular formula is C14H18N6O. The molecule has 110 valence electrons. The topological polar surface area (TPSA) is 75.9 Å². The van der Waals surface area contributed by atoms with E-state index >= 15 is 0 Å². The van der Waals surface area contributed by atoms with Crippen LogP contribution in [-0.4, -0.2) is 50.2 Å². The van der Waals surface area contributed by atoms with Crippen LogP contribution in [0.5, 0.6) is 0 Å². The van der Waals surface area contributed by atoms with Gasteiger partial charge in [-0.1, -0.05) is 0 Å². The molecule has 0 unspecified atom stereocenters. The van der Waals surface area contributed by atoms with Crippen molar-refractivity contribution in [2.45, 2.75) is 19.4 Å². The molecular weight excluding hydrogens is 268 g/mol. The van der Waals surface area contributed by atoms with Crippen molar-refractivity contribution in [2.75, 3.05) is 18.9 Å². The number of nitrogens with one attached hydrogen (secondary N) is 1. The Balaban J connectivity index is 1.88. The second-order valence-electron chi connectivity index (χ2n) is 5.31. The van der Waals surface area contributed by atoms with Gasteiger partial charge in [-0.05, 0) is 25.0 Å². The number of anilines is 1. The third-order valence-corrected chi connectivity index (χ3v) is 3.77. The Labute approximate surface area is 123 Å². The van der Waals surface area contributed by atoms with Crippen molar-refractivity contribution in [2.24, 2.45) is 7.05 Å². The number of hydrogen-bond donors (Lipinski definition) is 1. The molecule has 0 saturated carbocycles. The van der Waals surface area contributed by atoms with E-state index in [1.165, 1.54) is 0 Å². The average Bonchev–Trinajstić information content (AvgIpc) is 3.02. The van der Waals surface area contributed by atoms with Gasteiger partial charge in [-0.3, -0.25) is 9.48 Å². The molecule has 1 N–H and O–H groups in total. The van der Waals surface area contributed by atoms with Gasteiger partial charge >= 0.3 is 0 Å². The number of aromatic nitrogens is 4. The summed E-state index contributed by atoms with van der Waals surface area (Å²) < 4.78 is 1.77. The average molecular weight is 286 g/mol. The lowest BCUT2D eigenvalue weighted by Gasteiger charge is -2.13. The SMILES string of the molecule is Cc1cnc(N[C@H]2CCN(C)C2=O)nc1-c1ccnn1C. The Morgan fingerprint density at radius 1 is 1.38 bits per heavy atom. The van der Waals surface area contributed by atoms with Crippen LogP contribution in [0.25, 0.3) is 11.4 Å². The Hall–Kier alpha value is -2.44. The third kappa shape index (κ3) is 2.46. The molecule has 0 radical (unpaired) electrons. The van der Waals surface area contributed by atoms with Crippen LogP contribution < -0.4 is 5.32 Å². The Morgan fingerprint density at radius 3 is 2.81 bits per heavy atom. The molecule has 0 bridgehead atoms. The minimum Gasteiger partial charge on any atom is -0.344 e. The fraction of sp³-hybridized carbons (Fsp3) is 0.429. The van der Waals surface area contributed by atoms with Crippen LogP contribution in [-0.2, 0) is 11.8 Å². The summed E-state index contributed by atoms with van der Waals surface area (Å²) in [5.74, 6) is 0.562. The van der Waals surface area contributed by atoms with Gasteiger partial charge in [0.25, 0.3) is 0 Å². The molecule has 2 aromatic heterocycles. The number of amides is 1. The predicted molar refractivity (Wildman–Crippen MR) is 78.6 cm³/mol. The van der Waals surface area contributed by atoms with Crippen LogP contribution in [0, 0.1) is 6.92 Å². The van der Waals surface area contributed by atoms with Gasteiger partial charge in [0.2, 0.25) is 11.9 Å². The molecule has 1 fully saturated rings. The molecule has 3 rings (SSSR count). The fourth-order valence-corrected chi connectivity index (χ4v) is 2.49. The summed E-state index contributed by atoms with van der Waals surface area (Å²) in [5, 5.41) is 7.29. The maximum atomic E-state index is 11.9. The highest BCUT2D eigenvalue weighted by atomic mass is 16.2. The summed E-state index contributed by atoms with van der Waals surface area (Å²) in [4.78, 5) is 22.5. The summed E-state index contributed by atoms with van der Waals surface area (Å²) in [5.41, 5.74) is 2.72. The van der Waals surface area contributed by atoms with Gasteiger partial charge in [0.1, 0.15) is 6.04 Å². The van der Waals surface area contributed by atoms with Gasteiger partial charge in [0, 0.05) is 33.0 Å². The van der Waals surface area contributed by atoms with Crippen molar-refractivity contribution in [3.05, 3.63) is 24.0 Å². The van der Waals surface area contributed by atoms with Crippen LogP contribution in [0.1, 0.15) is 12.0 Å². The first kappa shape index (κ1) is 13.5. The van der Waals surface area contributed by atoms with E-state index < -0.39 is 0 Å². The summed E-state index contributed by atoms with van der Waals surface area (Å²) in [7, 11) is 3.68. The summed E-state index contributed by atoms with van der Waals surface area (Å²) >= 11 is 0. The normalized spacial score (nSPS) is 18.3. The Bertz CT molecular complexity index is 680. The van der Waals surface area contributed by atoms with Crippen molar-refractivity contribution in [1.29, 1.82) is 0 Å². The standard InChI is InChI=1S/C14H18N6O/c1-9-8-15-14(17-10-5-7-19(2)13(10)21)18-12(9)11-4-6-16-20(11)3/h4,6,8,10H,5,7H2,1-3H3,(H,15,17,18)/t10-/m0/s1. The van der Waals surface area contributed by atoms with Gasteiger partial charge in [-0.15, -0.1) is 0 Å². The van der Waals surface area contributed by atoms with Gasteiger partial charge in [0.05, 0.1) is 11.4 Å². The number of nitrogens with zero attached hydrogens (tertiary/aromatic N) is 5. The molecule has 1 amide bonds. The van der Waals surface area contributed by atoms with E-state index in [0.29, 0.717) is 5.95 Å². The first-order valence-corrected chi connectivity index (χ1v) is 6.90. The first-order valence-electron chi connectivity index (χ1n) is 6.90. The Morgan fingerprint density at radius 2 is 2.19 bits per heavy atom. The lowest BCUT2D eigenvalue weighted by molar-refractivity contribution is -0.127. The zero-order valence-electron chi connectivity index (χ0n) is 12.4. The van der Waals surface area contributed by atoms with Crippen molar-refractivity contribution in [1.82, 2.24) is 24.6 Å². The number of rotatable bonds is 3. The Kier molecular flexibility index (Phi) is 3.32. The largest absolute Gasteiger partial charge is 0.344 e. The van der Waals surface area contributed by atoms with E-state index in [-0.39, 0.29) is 11.9 Å². The minimum absolute atomic E-state index is 0.0845. The van der Waals surface area contributed by atoms with Gasteiger partial charge in [-0.2, -0.15) is 5.10 Å². The molecule has 1 atom stereocenters. The van der Waals surface area contributed by atoms with Crippen LogP contribution >= 0.6 is 0 Å². The van der Waals surface area contributed by atoms with Crippen molar-refractivity contribution < 1.29 is 4.79 Å². The molecule has 7 nitrogen and oxygen atoms in total. The molecule has 0 aromatic carbocycles. The van der Waals surface area contributed by atoms with Gasteiger partial charge < -0.3 is 10.2 Å². The second kappa shape index (κ2) is 5.16. The number of hydrogen-bond acceptors (Lipinski definition) is 5. The van der Waals surface area contributed by atoms with Crippen LogP contribution in [0.15, 0.2) is 18.5 Å². The van der Waals surface area contributed by atoms with E-state index in [1.54, 1.807) is 29.0 Å². The van der Waals surface area contributed by atoms with Crippen LogP contribution in [0.3, 0.4) is 0 Å². The summed E-state index contributed by atoms with van der Waals surface area (Å²) in [6.07, 6.45) is 4.27. The molecule has 21 heavy (non-hydrogen) atoms. The molecule has 0 spiro atoms. The molecule has 1 aliphatic rings. The number of carbonyl (C=O) groups excluding carboxylic acids is 1. The van der Waals surface area contributed by atoms with E-state index in [4.69, 9.17) is 0 Å². The van der Waals surface area contributed by atoms with E-state index in [2.05, 4.69) is 20.4 Å². The number of carbonyl (C=O) groups is 1. The van der Waals surface area contributed by atoms with E-state index in [1.807, 2.05) is 20.0 Å². The summed E-state index contributed by atoms with van der Waals surface area (Å²) in [6, 6.07) is 1.67. The monoisotopic (exact) mass is 286 g/mol. The molecule has 1 aliphatic heterocycles. The first-order chi connectivity index (χ1) is 10.1. The molecule has 2 aromatic rings. The van der Waals surface area contributed by atoms with E-state index in [0.717, 1.165) is 29.9 Å². The molecule has 3 heterocycles. The second-order valence-corrected chi connectivity index (χ2v) is 5.31. The van der Waals surface area contributed by atoms with Gasteiger partial charge in [0.15, 0.2) is 0 Å². The maximum Gasteiger partial charge on any atom is 0.244 e. The summed E-state index contributed by atoms with van der Waals surface area (Å²) in [6.45, 7) is 2.72. The quantitative estimate of drug-likeness (QED) is 0.904. The van der Waals surface area contributed by atoms with Crippen LogP contribution in [0.2, 0.25) is 0 Å². The van der Waals surface area contributed by atoms with Crippen LogP contribution in [0.4, 0.5) is 5.95 Å². The zero-order valence-corrected chi connectivity index (χ0v) is 12.4. The molecule has 1 saturated heterocycles. The number of aryl methyl sites for hydroxylation is 2. The predicted octanol–water partition coefficient (Wildman–Crippen LogP) is 0.828. The van der Waals surface area contributed by atoms with Gasteiger partial charge in [-0.25, -0.2) is 9.97 Å². The number of likely N-dealkylation sites (tertiary alicyclic amines) is 1. The van der Waals surface area contributed by atoms with Crippen molar-refractivity contribution in [3.8, 4) is 11.4 Å². The lowest BCUT2D eigenvalue weighted by Crippen LogP contribution is -2.31. The smallest absolute Gasteiger partial charge is 0.244 e. The molecule has 7 heteroatoms. The maximum absolute atomic E-state index is 11.9. The fourth-order valence-electron chi connectivity index (χ4n) is 2.49. The van der Waals surface area contributed by atoms with Crippen molar-refractivity contribution >= 4 is 11.9 Å².